The Hall–Kier alpha value is -4.46. The number of rotatable bonds is 9. The van der Waals surface area contributed by atoms with Crippen LogP contribution < -0.4 is 19.1 Å². The molecule has 1 aliphatic rings. The number of benzene rings is 3. The topological polar surface area (TPSA) is 88.5 Å². The lowest BCUT2D eigenvalue weighted by molar-refractivity contribution is -0.139. The predicted molar refractivity (Wildman–Crippen MR) is 146 cm³/mol. The van der Waals surface area contributed by atoms with Crippen LogP contribution in [0.3, 0.4) is 0 Å². The van der Waals surface area contributed by atoms with Gasteiger partial charge in [0.15, 0.2) is 0 Å². The third-order valence-corrected chi connectivity index (χ3v) is 6.73. The number of hydrogen-bond acceptors (Lipinski definition) is 7. The van der Waals surface area contributed by atoms with Crippen molar-refractivity contribution in [2.45, 2.75) is 12.5 Å². The Balaban J connectivity index is 1.82. The number of carbonyl (C=O) groups is 2. The van der Waals surface area contributed by atoms with Gasteiger partial charge in [0.25, 0.3) is 11.7 Å². The van der Waals surface area contributed by atoms with Crippen LogP contribution in [0.1, 0.15) is 22.7 Å². The van der Waals surface area contributed by atoms with E-state index in [9.17, 15) is 14.7 Å². The lowest BCUT2D eigenvalue weighted by Crippen LogP contribution is -2.31. The average Bonchev–Trinajstić information content (AvgIpc) is 3.20. The first-order valence-electron chi connectivity index (χ1n) is 12.2. The minimum absolute atomic E-state index is 0.00914. The summed E-state index contributed by atoms with van der Waals surface area (Å²) in [7, 11) is 8.41. The summed E-state index contributed by atoms with van der Waals surface area (Å²) in [4.78, 5) is 30.3. The second-order valence-electron chi connectivity index (χ2n) is 9.11. The van der Waals surface area contributed by atoms with Gasteiger partial charge in [-0.15, -0.1) is 0 Å². The molecule has 0 aliphatic carbocycles. The summed E-state index contributed by atoms with van der Waals surface area (Å²) in [5, 5.41) is 11.6. The van der Waals surface area contributed by atoms with Crippen LogP contribution in [0.5, 0.6) is 17.2 Å². The van der Waals surface area contributed by atoms with Gasteiger partial charge in [-0.2, -0.15) is 0 Å². The Morgan fingerprint density at radius 1 is 0.868 bits per heavy atom. The molecule has 0 aromatic heterocycles. The molecule has 1 saturated heterocycles. The Kier molecular flexibility index (Phi) is 7.90. The van der Waals surface area contributed by atoms with Gasteiger partial charge in [-0.3, -0.25) is 9.59 Å². The molecule has 1 N–H and O–H groups in total. The molecule has 0 radical (unpaired) electrons. The zero-order valence-electron chi connectivity index (χ0n) is 22.2. The molecule has 4 rings (SSSR count). The highest BCUT2D eigenvalue weighted by Crippen LogP contribution is 2.43. The van der Waals surface area contributed by atoms with Crippen molar-refractivity contribution in [3.8, 4) is 17.2 Å². The molecule has 0 spiro atoms. The van der Waals surface area contributed by atoms with E-state index >= 15 is 0 Å². The Labute approximate surface area is 222 Å². The van der Waals surface area contributed by atoms with E-state index < -0.39 is 17.7 Å². The van der Waals surface area contributed by atoms with Crippen LogP contribution in [0.25, 0.3) is 5.76 Å². The van der Waals surface area contributed by atoms with Crippen molar-refractivity contribution in [3.63, 3.8) is 0 Å². The molecule has 1 aliphatic heterocycles. The third-order valence-electron chi connectivity index (χ3n) is 6.73. The van der Waals surface area contributed by atoms with Crippen LogP contribution in [0.15, 0.2) is 72.3 Å². The monoisotopic (exact) mass is 516 g/mol. The number of ether oxygens (including phenoxy) is 3. The van der Waals surface area contributed by atoms with Crippen LogP contribution >= 0.6 is 0 Å². The summed E-state index contributed by atoms with van der Waals surface area (Å²) >= 11 is 0. The van der Waals surface area contributed by atoms with Gasteiger partial charge in [-0.25, -0.2) is 0 Å². The lowest BCUT2D eigenvalue weighted by atomic mass is 9.94. The first-order valence-corrected chi connectivity index (χ1v) is 12.2. The average molecular weight is 517 g/mol. The van der Waals surface area contributed by atoms with Crippen LogP contribution in [-0.4, -0.2) is 63.7 Å². The zero-order valence-corrected chi connectivity index (χ0v) is 22.2. The van der Waals surface area contributed by atoms with Gasteiger partial charge in [0.1, 0.15) is 28.6 Å². The summed E-state index contributed by atoms with van der Waals surface area (Å²) in [6, 6.07) is 19.4. The zero-order chi connectivity index (χ0) is 27.4. The van der Waals surface area contributed by atoms with Crippen molar-refractivity contribution >= 4 is 23.1 Å². The minimum atomic E-state index is -0.793. The SMILES string of the molecule is COc1ccc(CCN2C(=O)C(=O)/C(=C(/O)c3c(OC)cccc3OC)C2c2ccc(N(C)C)cc2)cc1. The molecule has 8 heteroatoms. The largest absolute Gasteiger partial charge is 0.506 e. The molecule has 8 nitrogen and oxygen atoms in total. The number of anilines is 1. The summed E-state index contributed by atoms with van der Waals surface area (Å²) in [6.45, 7) is 0.275. The number of aliphatic hydroxyl groups excluding tert-OH is 1. The summed E-state index contributed by atoms with van der Waals surface area (Å²) in [5.41, 5.74) is 2.88. The molecule has 3 aromatic rings. The van der Waals surface area contributed by atoms with E-state index in [1.807, 2.05) is 67.5 Å². The van der Waals surface area contributed by atoms with E-state index in [2.05, 4.69) is 0 Å². The number of ketones is 1. The quantitative estimate of drug-likeness (QED) is 0.256. The maximum absolute atomic E-state index is 13.5. The van der Waals surface area contributed by atoms with E-state index in [-0.39, 0.29) is 23.4 Å². The van der Waals surface area contributed by atoms with Crippen molar-refractivity contribution in [2.75, 3.05) is 46.9 Å². The Bertz CT molecular complexity index is 1320. The number of Topliss-reactive ketones (excluding diaryl/α,β-unsaturated/α-hetero) is 1. The number of carbonyl (C=O) groups excluding carboxylic acids is 2. The van der Waals surface area contributed by atoms with Gasteiger partial charge >= 0.3 is 0 Å². The molecule has 0 saturated carbocycles. The van der Waals surface area contributed by atoms with Crippen molar-refractivity contribution in [3.05, 3.63) is 89.0 Å². The number of methoxy groups -OCH3 is 3. The van der Waals surface area contributed by atoms with Gasteiger partial charge in [0.05, 0.1) is 32.9 Å². The second kappa shape index (κ2) is 11.3. The van der Waals surface area contributed by atoms with E-state index in [4.69, 9.17) is 14.2 Å². The fourth-order valence-corrected chi connectivity index (χ4v) is 4.67. The highest BCUT2D eigenvalue weighted by Gasteiger charge is 2.46. The fourth-order valence-electron chi connectivity index (χ4n) is 4.67. The van der Waals surface area contributed by atoms with E-state index in [1.54, 1.807) is 25.3 Å². The number of amides is 1. The third kappa shape index (κ3) is 5.02. The van der Waals surface area contributed by atoms with Crippen LogP contribution in [0.4, 0.5) is 5.69 Å². The van der Waals surface area contributed by atoms with Gasteiger partial charge in [0.2, 0.25) is 0 Å². The number of likely N-dealkylation sites (tertiary alicyclic amines) is 1. The van der Waals surface area contributed by atoms with Crippen molar-refractivity contribution in [1.82, 2.24) is 4.90 Å². The molecule has 1 atom stereocenters. The number of hydrogen-bond donors (Lipinski definition) is 1. The molecule has 1 unspecified atom stereocenters. The molecule has 38 heavy (non-hydrogen) atoms. The standard InChI is InChI=1S/C30H32N2O6/c1-31(2)21-13-11-20(12-14-21)27-26(28(33)25-23(37-4)7-6-8-24(25)38-5)29(34)30(35)32(27)18-17-19-9-15-22(36-3)16-10-19/h6-16,27,33H,17-18H2,1-5H3/b28-26+. The number of nitrogens with zero attached hydrogens (tertiary/aromatic N) is 2. The Morgan fingerprint density at radius 2 is 1.47 bits per heavy atom. The smallest absolute Gasteiger partial charge is 0.295 e. The summed E-state index contributed by atoms with van der Waals surface area (Å²) in [6.07, 6.45) is 0.515. The fraction of sp³-hybridized carbons (Fsp3) is 0.267. The molecule has 1 fully saturated rings. The first kappa shape index (κ1) is 26.6. The molecular weight excluding hydrogens is 484 g/mol. The second-order valence-corrected chi connectivity index (χ2v) is 9.11. The molecule has 198 valence electrons. The first-order chi connectivity index (χ1) is 18.3. The Morgan fingerprint density at radius 3 is 2.00 bits per heavy atom. The van der Waals surface area contributed by atoms with Crippen LogP contribution in [0.2, 0.25) is 0 Å². The van der Waals surface area contributed by atoms with Crippen LogP contribution in [-0.2, 0) is 16.0 Å². The number of aliphatic hydroxyl groups is 1. The highest BCUT2D eigenvalue weighted by molar-refractivity contribution is 6.46. The maximum Gasteiger partial charge on any atom is 0.295 e. The minimum Gasteiger partial charge on any atom is -0.506 e. The highest BCUT2D eigenvalue weighted by atomic mass is 16.5. The van der Waals surface area contributed by atoms with Crippen molar-refractivity contribution in [2.24, 2.45) is 0 Å². The molecule has 3 aromatic carbocycles. The van der Waals surface area contributed by atoms with Gasteiger partial charge < -0.3 is 29.1 Å². The maximum atomic E-state index is 13.5. The molecular formula is C30H32N2O6. The summed E-state index contributed by atoms with van der Waals surface area (Å²) in [5.74, 6) is -0.379. The van der Waals surface area contributed by atoms with Gasteiger partial charge in [-0.1, -0.05) is 30.3 Å². The molecule has 0 bridgehead atoms. The van der Waals surface area contributed by atoms with Crippen LogP contribution in [0, 0.1) is 0 Å². The van der Waals surface area contributed by atoms with E-state index in [0.717, 1.165) is 17.0 Å². The van der Waals surface area contributed by atoms with Gasteiger partial charge in [-0.05, 0) is 53.9 Å². The van der Waals surface area contributed by atoms with E-state index in [1.165, 1.54) is 19.1 Å². The van der Waals surface area contributed by atoms with Crippen molar-refractivity contribution in [1.29, 1.82) is 0 Å². The molecule has 1 heterocycles. The van der Waals surface area contributed by atoms with Gasteiger partial charge in [0, 0.05) is 26.3 Å². The lowest BCUT2D eigenvalue weighted by Gasteiger charge is -2.26. The molecule has 1 amide bonds. The predicted octanol–water partition coefficient (Wildman–Crippen LogP) is 4.44. The normalized spacial score (nSPS) is 16.4. The van der Waals surface area contributed by atoms with Crippen molar-refractivity contribution < 1.29 is 28.9 Å². The summed E-state index contributed by atoms with van der Waals surface area (Å²) < 4.78 is 16.2. The van der Waals surface area contributed by atoms with E-state index in [0.29, 0.717) is 23.5 Å².